The number of morpholine rings is 1. The summed E-state index contributed by atoms with van der Waals surface area (Å²) in [5.74, 6) is 0.568. The molecule has 2 aromatic carbocycles. The van der Waals surface area contributed by atoms with Gasteiger partial charge in [-0.15, -0.1) is 0 Å². The standard InChI is InChI=1S/C24H25ClN6O2/c1-13-9-17(20(10-14(13)2)31-26-7-8-27-31)24(32)30-11-15(3)33-12-21(30)23-28-19-6-5-18(25)16(4)22(19)29-23/h5-10,15,21H,11-12H2,1-4H3,(H,28,29)/t15-,21-/m0/s1. The summed E-state index contributed by atoms with van der Waals surface area (Å²) in [6, 6.07) is 7.26. The smallest absolute Gasteiger partial charge is 0.256 e. The van der Waals surface area contributed by atoms with E-state index in [1.54, 1.807) is 12.4 Å². The van der Waals surface area contributed by atoms with Crippen molar-refractivity contribution in [3.63, 3.8) is 0 Å². The van der Waals surface area contributed by atoms with E-state index < -0.39 is 0 Å². The number of nitrogens with zero attached hydrogens (tertiary/aromatic N) is 5. The normalized spacial score (nSPS) is 18.8. The van der Waals surface area contributed by atoms with Gasteiger partial charge in [-0.3, -0.25) is 4.79 Å². The topological polar surface area (TPSA) is 88.9 Å². The number of hydrogen-bond donors (Lipinski definition) is 1. The maximum Gasteiger partial charge on any atom is 0.256 e. The van der Waals surface area contributed by atoms with Gasteiger partial charge in [-0.1, -0.05) is 11.6 Å². The monoisotopic (exact) mass is 464 g/mol. The van der Waals surface area contributed by atoms with Gasteiger partial charge >= 0.3 is 0 Å². The number of benzene rings is 2. The number of aryl methyl sites for hydroxylation is 3. The van der Waals surface area contributed by atoms with Gasteiger partial charge in [0.05, 0.1) is 47.4 Å². The molecule has 5 rings (SSSR count). The molecule has 1 amide bonds. The van der Waals surface area contributed by atoms with Gasteiger partial charge in [0.15, 0.2) is 0 Å². The Morgan fingerprint density at radius 1 is 1.15 bits per heavy atom. The molecule has 9 heteroatoms. The predicted octanol–water partition coefficient (Wildman–Crippen LogP) is 4.32. The van der Waals surface area contributed by atoms with Crippen LogP contribution >= 0.6 is 11.6 Å². The van der Waals surface area contributed by atoms with Crippen molar-refractivity contribution in [3.05, 3.63) is 69.8 Å². The van der Waals surface area contributed by atoms with Crippen molar-refractivity contribution in [2.45, 2.75) is 39.8 Å². The zero-order chi connectivity index (χ0) is 23.3. The van der Waals surface area contributed by atoms with Gasteiger partial charge in [0.1, 0.15) is 11.9 Å². The van der Waals surface area contributed by atoms with Gasteiger partial charge in [-0.25, -0.2) is 4.98 Å². The highest BCUT2D eigenvalue weighted by atomic mass is 35.5. The summed E-state index contributed by atoms with van der Waals surface area (Å²) in [6.07, 6.45) is 3.11. The van der Waals surface area contributed by atoms with Crippen molar-refractivity contribution in [3.8, 4) is 5.69 Å². The third-order valence-electron chi connectivity index (χ3n) is 6.28. The van der Waals surface area contributed by atoms with Crippen molar-refractivity contribution < 1.29 is 9.53 Å². The summed E-state index contributed by atoms with van der Waals surface area (Å²) in [5.41, 5.74) is 5.88. The number of rotatable bonds is 3. The number of carbonyl (C=O) groups excluding carboxylic acids is 1. The Bertz CT molecular complexity index is 1350. The van der Waals surface area contributed by atoms with E-state index in [-0.39, 0.29) is 18.1 Å². The predicted molar refractivity (Wildman–Crippen MR) is 126 cm³/mol. The molecule has 170 valence electrons. The molecule has 1 aliphatic rings. The molecule has 0 spiro atoms. The number of H-pyrrole nitrogens is 1. The average molecular weight is 465 g/mol. The summed E-state index contributed by atoms with van der Waals surface area (Å²) in [6.45, 7) is 8.71. The zero-order valence-electron chi connectivity index (χ0n) is 19.0. The minimum Gasteiger partial charge on any atom is -0.374 e. The van der Waals surface area contributed by atoms with Gasteiger partial charge in [0.25, 0.3) is 5.91 Å². The Balaban J connectivity index is 1.59. The highest BCUT2D eigenvalue weighted by Crippen LogP contribution is 2.31. The number of aromatic nitrogens is 5. The van der Waals surface area contributed by atoms with Crippen LogP contribution in [0.2, 0.25) is 5.02 Å². The lowest BCUT2D eigenvalue weighted by Gasteiger charge is -2.38. The molecule has 1 N–H and O–H groups in total. The first-order valence-corrected chi connectivity index (χ1v) is 11.3. The molecule has 1 saturated heterocycles. The molecule has 0 bridgehead atoms. The molecule has 4 aromatic rings. The number of imidazole rings is 1. The second-order valence-electron chi connectivity index (χ2n) is 8.58. The number of hydrogen-bond acceptors (Lipinski definition) is 5. The van der Waals surface area contributed by atoms with Gasteiger partial charge in [0.2, 0.25) is 0 Å². The van der Waals surface area contributed by atoms with E-state index in [1.165, 1.54) is 4.80 Å². The number of aromatic amines is 1. The summed E-state index contributed by atoms with van der Waals surface area (Å²) in [5, 5.41) is 9.19. The van der Waals surface area contributed by atoms with Crippen molar-refractivity contribution in [2.24, 2.45) is 0 Å². The lowest BCUT2D eigenvalue weighted by atomic mass is 10.0. The minimum atomic E-state index is -0.362. The molecular formula is C24H25ClN6O2. The largest absolute Gasteiger partial charge is 0.374 e. The van der Waals surface area contributed by atoms with Crippen LogP contribution < -0.4 is 0 Å². The van der Waals surface area contributed by atoms with Crippen LogP contribution in [0.1, 0.15) is 45.8 Å². The van der Waals surface area contributed by atoms with E-state index in [2.05, 4.69) is 15.2 Å². The molecule has 8 nitrogen and oxygen atoms in total. The molecule has 0 saturated carbocycles. The van der Waals surface area contributed by atoms with Gasteiger partial charge in [-0.2, -0.15) is 15.0 Å². The van der Waals surface area contributed by atoms with Crippen LogP contribution in [0.3, 0.4) is 0 Å². The third-order valence-corrected chi connectivity index (χ3v) is 6.69. The third kappa shape index (κ3) is 3.79. The Labute approximate surface area is 196 Å². The molecule has 0 unspecified atom stereocenters. The van der Waals surface area contributed by atoms with Crippen LogP contribution in [0, 0.1) is 20.8 Å². The van der Waals surface area contributed by atoms with Crippen molar-refractivity contribution in [2.75, 3.05) is 13.2 Å². The quantitative estimate of drug-likeness (QED) is 0.487. The van der Waals surface area contributed by atoms with E-state index in [1.807, 2.05) is 56.9 Å². The molecule has 1 aliphatic heterocycles. The van der Waals surface area contributed by atoms with Gasteiger partial charge < -0.3 is 14.6 Å². The number of fused-ring (bicyclic) bond motifs is 1. The molecule has 2 atom stereocenters. The van der Waals surface area contributed by atoms with Crippen LogP contribution in [-0.4, -0.2) is 55.0 Å². The zero-order valence-corrected chi connectivity index (χ0v) is 19.7. The average Bonchev–Trinajstić information content (AvgIpc) is 3.48. The summed E-state index contributed by atoms with van der Waals surface area (Å²) in [7, 11) is 0. The molecule has 0 aliphatic carbocycles. The summed E-state index contributed by atoms with van der Waals surface area (Å²) in [4.78, 5) is 25.5. The van der Waals surface area contributed by atoms with E-state index >= 15 is 0 Å². The molecule has 33 heavy (non-hydrogen) atoms. The number of nitrogens with one attached hydrogen (secondary N) is 1. The maximum absolute atomic E-state index is 14.0. The van der Waals surface area contributed by atoms with E-state index in [0.717, 1.165) is 27.7 Å². The van der Waals surface area contributed by atoms with Crippen molar-refractivity contribution >= 4 is 28.5 Å². The Morgan fingerprint density at radius 2 is 1.88 bits per heavy atom. The molecule has 0 radical (unpaired) electrons. The van der Waals surface area contributed by atoms with Crippen LogP contribution in [0.25, 0.3) is 16.7 Å². The van der Waals surface area contributed by atoms with Crippen LogP contribution in [0.4, 0.5) is 0 Å². The fourth-order valence-electron chi connectivity index (χ4n) is 4.25. The molecule has 2 aromatic heterocycles. The lowest BCUT2D eigenvalue weighted by molar-refractivity contribution is -0.0467. The summed E-state index contributed by atoms with van der Waals surface area (Å²) < 4.78 is 5.95. The maximum atomic E-state index is 14.0. The fraction of sp³-hybridized carbons (Fsp3) is 0.333. The number of carbonyl (C=O) groups is 1. The fourth-order valence-corrected chi connectivity index (χ4v) is 4.40. The van der Waals surface area contributed by atoms with Crippen molar-refractivity contribution in [1.82, 2.24) is 29.9 Å². The number of amides is 1. The number of ether oxygens (including phenoxy) is 1. The Morgan fingerprint density at radius 3 is 2.64 bits per heavy atom. The number of halogens is 1. The van der Waals surface area contributed by atoms with E-state index in [0.29, 0.717) is 35.2 Å². The Kier molecular flexibility index (Phi) is 5.42. The van der Waals surface area contributed by atoms with Gasteiger partial charge in [-0.05, 0) is 68.7 Å². The summed E-state index contributed by atoms with van der Waals surface area (Å²) >= 11 is 6.30. The highest BCUT2D eigenvalue weighted by Gasteiger charge is 2.35. The van der Waals surface area contributed by atoms with Crippen molar-refractivity contribution in [1.29, 1.82) is 0 Å². The lowest BCUT2D eigenvalue weighted by Crippen LogP contribution is -2.47. The molecular weight excluding hydrogens is 440 g/mol. The molecule has 1 fully saturated rings. The second-order valence-corrected chi connectivity index (χ2v) is 8.99. The van der Waals surface area contributed by atoms with Crippen LogP contribution in [-0.2, 0) is 4.74 Å². The van der Waals surface area contributed by atoms with Crippen LogP contribution in [0.15, 0.2) is 36.7 Å². The minimum absolute atomic E-state index is 0.0939. The molecule has 3 heterocycles. The Hall–Kier alpha value is -3.23. The van der Waals surface area contributed by atoms with E-state index in [4.69, 9.17) is 21.3 Å². The van der Waals surface area contributed by atoms with Crippen LogP contribution in [0.5, 0.6) is 0 Å². The second kappa shape index (κ2) is 8.28. The highest BCUT2D eigenvalue weighted by molar-refractivity contribution is 6.32. The first kappa shape index (κ1) is 21.6. The first-order chi connectivity index (χ1) is 15.8. The van der Waals surface area contributed by atoms with Gasteiger partial charge in [0, 0.05) is 11.6 Å². The van der Waals surface area contributed by atoms with E-state index in [9.17, 15) is 4.79 Å². The SMILES string of the molecule is Cc1cc(C(=O)N2C[C@H](C)OC[C@H]2c2nc3c(C)c(Cl)ccc3[nH]2)c(-n2nccn2)cc1C. The first-order valence-electron chi connectivity index (χ1n) is 10.9.